The van der Waals surface area contributed by atoms with E-state index in [0.29, 0.717) is 6.42 Å². The van der Waals surface area contributed by atoms with Crippen LogP contribution in [0, 0.1) is 19.7 Å². The number of benzene rings is 1. The summed E-state index contributed by atoms with van der Waals surface area (Å²) >= 11 is 0. The third-order valence-corrected chi connectivity index (χ3v) is 4.65. The topological polar surface area (TPSA) is 76.1 Å². The standard InChI is InChI=1S/C16H17FN2O3S/c1-11-5-6-13(12(2)10-11)7-8-15(20)19-23(21,22)16-14(17)4-3-9-18-16/h3-6,9-10H,7-8H2,1-2H3,(H,19,20). The first-order chi connectivity index (χ1) is 10.8. The van der Waals surface area contributed by atoms with Gasteiger partial charge in [0.15, 0.2) is 5.82 Å². The summed E-state index contributed by atoms with van der Waals surface area (Å²) in [6.07, 6.45) is 1.54. The molecule has 122 valence electrons. The summed E-state index contributed by atoms with van der Waals surface area (Å²) in [6, 6.07) is 8.08. The fourth-order valence-corrected chi connectivity index (χ4v) is 3.22. The number of aromatic nitrogens is 1. The van der Waals surface area contributed by atoms with E-state index < -0.39 is 26.8 Å². The Kier molecular flexibility index (Phi) is 5.10. The maximum atomic E-state index is 13.5. The largest absolute Gasteiger partial charge is 0.284 e. The Balaban J connectivity index is 2.03. The normalized spacial score (nSPS) is 11.3. The first-order valence-electron chi connectivity index (χ1n) is 7.02. The summed E-state index contributed by atoms with van der Waals surface area (Å²) in [4.78, 5) is 15.3. The zero-order valence-corrected chi connectivity index (χ0v) is 13.7. The van der Waals surface area contributed by atoms with Gasteiger partial charge in [-0.05, 0) is 43.5 Å². The molecule has 2 aromatic rings. The summed E-state index contributed by atoms with van der Waals surface area (Å²) in [5, 5.41) is -0.778. The van der Waals surface area contributed by atoms with Crippen LogP contribution in [0.5, 0.6) is 0 Å². The van der Waals surface area contributed by atoms with Gasteiger partial charge in [-0.1, -0.05) is 23.8 Å². The average Bonchev–Trinajstić information content (AvgIpc) is 2.46. The molecule has 5 nitrogen and oxygen atoms in total. The Bertz CT molecular complexity index is 835. The maximum absolute atomic E-state index is 13.5. The van der Waals surface area contributed by atoms with E-state index in [2.05, 4.69) is 4.98 Å². The van der Waals surface area contributed by atoms with Crippen molar-refractivity contribution in [1.29, 1.82) is 0 Å². The molecule has 0 aliphatic heterocycles. The lowest BCUT2D eigenvalue weighted by Crippen LogP contribution is -2.32. The number of hydrogen-bond donors (Lipinski definition) is 1. The Morgan fingerprint density at radius 2 is 2.00 bits per heavy atom. The number of carbonyl (C=O) groups excluding carboxylic acids is 1. The van der Waals surface area contributed by atoms with Crippen LogP contribution in [0.1, 0.15) is 23.1 Å². The van der Waals surface area contributed by atoms with Crippen molar-refractivity contribution in [3.05, 3.63) is 59.0 Å². The van der Waals surface area contributed by atoms with E-state index in [0.717, 1.165) is 29.0 Å². The molecule has 0 bridgehead atoms. The number of rotatable bonds is 5. The molecule has 2 rings (SSSR count). The summed E-state index contributed by atoms with van der Waals surface area (Å²) < 4.78 is 39.2. The van der Waals surface area contributed by atoms with Gasteiger partial charge in [-0.25, -0.2) is 14.1 Å². The molecule has 0 saturated heterocycles. The van der Waals surface area contributed by atoms with Crippen LogP contribution in [-0.2, 0) is 21.2 Å². The molecule has 0 spiro atoms. The molecule has 0 atom stereocenters. The van der Waals surface area contributed by atoms with Gasteiger partial charge in [0.25, 0.3) is 10.0 Å². The molecule has 0 aliphatic rings. The number of carbonyl (C=O) groups is 1. The molecule has 1 amide bonds. The Morgan fingerprint density at radius 1 is 1.26 bits per heavy atom. The van der Waals surface area contributed by atoms with Crippen molar-refractivity contribution in [2.24, 2.45) is 0 Å². The summed E-state index contributed by atoms with van der Waals surface area (Å²) in [7, 11) is -4.30. The fraction of sp³-hybridized carbons (Fsp3) is 0.250. The van der Waals surface area contributed by atoms with Crippen molar-refractivity contribution in [3.63, 3.8) is 0 Å². The fourth-order valence-electron chi connectivity index (χ4n) is 2.19. The van der Waals surface area contributed by atoms with Crippen molar-refractivity contribution in [2.75, 3.05) is 0 Å². The Morgan fingerprint density at radius 3 is 2.65 bits per heavy atom. The molecule has 7 heteroatoms. The third-order valence-electron chi connectivity index (χ3n) is 3.35. The van der Waals surface area contributed by atoms with Crippen molar-refractivity contribution in [2.45, 2.75) is 31.7 Å². The van der Waals surface area contributed by atoms with E-state index in [9.17, 15) is 17.6 Å². The van der Waals surface area contributed by atoms with E-state index in [1.165, 1.54) is 6.07 Å². The average molecular weight is 336 g/mol. The van der Waals surface area contributed by atoms with Crippen LogP contribution in [0.25, 0.3) is 0 Å². The van der Waals surface area contributed by atoms with Crippen LogP contribution in [0.15, 0.2) is 41.6 Å². The minimum atomic E-state index is -4.30. The van der Waals surface area contributed by atoms with E-state index in [-0.39, 0.29) is 6.42 Å². The van der Waals surface area contributed by atoms with Crippen molar-refractivity contribution < 1.29 is 17.6 Å². The van der Waals surface area contributed by atoms with Gasteiger partial charge in [-0.15, -0.1) is 0 Å². The van der Waals surface area contributed by atoms with E-state index in [1.807, 2.05) is 36.8 Å². The highest BCUT2D eigenvalue weighted by Gasteiger charge is 2.22. The van der Waals surface area contributed by atoms with Gasteiger partial charge in [-0.3, -0.25) is 4.79 Å². The van der Waals surface area contributed by atoms with Gasteiger partial charge in [0.1, 0.15) is 0 Å². The summed E-state index contributed by atoms with van der Waals surface area (Å²) in [5.41, 5.74) is 3.12. The first kappa shape index (κ1) is 17.1. The predicted octanol–water partition coefficient (Wildman–Crippen LogP) is 2.28. The van der Waals surface area contributed by atoms with Crippen LogP contribution >= 0.6 is 0 Å². The van der Waals surface area contributed by atoms with Crippen LogP contribution in [0.3, 0.4) is 0 Å². The molecule has 1 aromatic heterocycles. The molecule has 23 heavy (non-hydrogen) atoms. The number of amides is 1. The molecule has 0 saturated carbocycles. The zero-order valence-electron chi connectivity index (χ0n) is 12.8. The zero-order chi connectivity index (χ0) is 17.0. The number of sulfonamides is 1. The highest BCUT2D eigenvalue weighted by atomic mass is 32.2. The lowest BCUT2D eigenvalue weighted by atomic mass is 10.0. The second-order valence-corrected chi connectivity index (χ2v) is 6.85. The van der Waals surface area contributed by atoms with Crippen LogP contribution < -0.4 is 4.72 Å². The van der Waals surface area contributed by atoms with E-state index in [1.54, 1.807) is 0 Å². The van der Waals surface area contributed by atoms with Gasteiger partial charge in [0.2, 0.25) is 10.9 Å². The van der Waals surface area contributed by atoms with Crippen molar-refractivity contribution in [3.8, 4) is 0 Å². The van der Waals surface area contributed by atoms with Gasteiger partial charge < -0.3 is 0 Å². The Labute approximate surface area is 134 Å². The Hall–Kier alpha value is -2.28. The molecule has 0 aliphatic carbocycles. The SMILES string of the molecule is Cc1ccc(CCC(=O)NS(=O)(=O)c2ncccc2F)c(C)c1. The highest BCUT2D eigenvalue weighted by molar-refractivity contribution is 7.90. The molecular formula is C16H17FN2O3S. The summed E-state index contributed by atoms with van der Waals surface area (Å²) in [5.74, 6) is -1.70. The summed E-state index contributed by atoms with van der Waals surface area (Å²) in [6.45, 7) is 3.90. The minimum Gasteiger partial charge on any atom is -0.274 e. The number of pyridine rings is 1. The first-order valence-corrected chi connectivity index (χ1v) is 8.50. The lowest BCUT2D eigenvalue weighted by Gasteiger charge is -2.08. The number of nitrogens with zero attached hydrogens (tertiary/aromatic N) is 1. The third kappa shape index (κ3) is 4.35. The molecule has 1 heterocycles. The van der Waals surface area contributed by atoms with E-state index in [4.69, 9.17) is 0 Å². The predicted molar refractivity (Wildman–Crippen MR) is 83.8 cm³/mol. The smallest absolute Gasteiger partial charge is 0.274 e. The van der Waals surface area contributed by atoms with Crippen molar-refractivity contribution >= 4 is 15.9 Å². The van der Waals surface area contributed by atoms with Gasteiger partial charge in [0, 0.05) is 12.6 Å². The highest BCUT2D eigenvalue weighted by Crippen LogP contribution is 2.13. The van der Waals surface area contributed by atoms with Crippen LogP contribution in [0.2, 0.25) is 0 Å². The number of hydrogen-bond acceptors (Lipinski definition) is 4. The molecule has 0 fully saturated rings. The molecule has 1 aromatic carbocycles. The molecular weight excluding hydrogens is 319 g/mol. The molecule has 0 radical (unpaired) electrons. The quantitative estimate of drug-likeness (QED) is 0.909. The van der Waals surface area contributed by atoms with E-state index >= 15 is 0 Å². The second kappa shape index (κ2) is 6.87. The number of nitrogens with one attached hydrogen (secondary N) is 1. The minimum absolute atomic E-state index is 0.0163. The number of aryl methyl sites for hydroxylation is 3. The van der Waals surface area contributed by atoms with Crippen LogP contribution in [-0.4, -0.2) is 19.3 Å². The monoisotopic (exact) mass is 336 g/mol. The number of halogens is 1. The van der Waals surface area contributed by atoms with Crippen LogP contribution in [0.4, 0.5) is 4.39 Å². The van der Waals surface area contributed by atoms with Gasteiger partial charge >= 0.3 is 0 Å². The molecule has 1 N–H and O–H groups in total. The second-order valence-electron chi connectivity index (χ2n) is 5.25. The molecule has 0 unspecified atom stereocenters. The maximum Gasteiger partial charge on any atom is 0.284 e. The van der Waals surface area contributed by atoms with Gasteiger partial charge in [-0.2, -0.15) is 8.42 Å². The van der Waals surface area contributed by atoms with Crippen molar-refractivity contribution in [1.82, 2.24) is 9.71 Å². The lowest BCUT2D eigenvalue weighted by molar-refractivity contribution is -0.119. The van der Waals surface area contributed by atoms with Gasteiger partial charge in [0.05, 0.1) is 0 Å².